The Hall–Kier alpha value is -1.98. The number of likely N-dealkylation sites (tertiary alicyclic amines) is 1. The molecule has 1 saturated heterocycles. The number of nitrogens with zero attached hydrogens (tertiary/aromatic N) is 2. The smallest absolute Gasteiger partial charge is 0.256 e. The number of benzene rings is 2. The maximum Gasteiger partial charge on any atom is 0.256 e. The van der Waals surface area contributed by atoms with Crippen LogP contribution in [0.15, 0.2) is 42.5 Å². The predicted octanol–water partition coefficient (Wildman–Crippen LogP) is 5.11. The lowest BCUT2D eigenvalue weighted by Crippen LogP contribution is -2.39. The number of rotatable bonds is 2. The van der Waals surface area contributed by atoms with Crippen molar-refractivity contribution >= 4 is 39.1 Å². The fourth-order valence-corrected chi connectivity index (χ4v) is 4.51. The largest absolute Gasteiger partial charge is 0.338 e. The number of thiazole rings is 1. The normalized spacial score (nSPS) is 17.8. The van der Waals surface area contributed by atoms with Gasteiger partial charge in [0.05, 0.1) is 20.8 Å². The number of amides is 1. The molecule has 4 rings (SSSR count). The summed E-state index contributed by atoms with van der Waals surface area (Å²) >= 11 is 7.46. The van der Waals surface area contributed by atoms with E-state index in [0.29, 0.717) is 18.1 Å². The van der Waals surface area contributed by atoms with E-state index in [2.05, 4.69) is 6.07 Å². The molecule has 1 aromatic heterocycles. The van der Waals surface area contributed by atoms with E-state index in [9.17, 15) is 9.18 Å². The zero-order valence-corrected chi connectivity index (χ0v) is 15.0. The second-order valence-corrected chi connectivity index (χ2v) is 7.73. The number of carbonyl (C=O) groups excluding carboxylic acids is 1. The van der Waals surface area contributed by atoms with Gasteiger partial charge in [-0.3, -0.25) is 4.79 Å². The van der Waals surface area contributed by atoms with Gasteiger partial charge in [0, 0.05) is 24.0 Å². The third kappa shape index (κ3) is 3.26. The standard InChI is InChI=1S/C19H16ClFN2OS/c20-13-7-8-14(15(21)10-13)19(24)23-9-3-4-12(11-23)18-22-16-5-1-2-6-17(16)25-18/h1-2,5-8,10,12H,3-4,9,11H2. The van der Waals surface area contributed by atoms with Crippen molar-refractivity contribution in [2.45, 2.75) is 18.8 Å². The van der Waals surface area contributed by atoms with E-state index in [-0.39, 0.29) is 17.4 Å². The maximum atomic E-state index is 14.1. The highest BCUT2D eigenvalue weighted by Gasteiger charge is 2.28. The minimum atomic E-state index is -0.570. The highest BCUT2D eigenvalue weighted by molar-refractivity contribution is 7.18. The summed E-state index contributed by atoms with van der Waals surface area (Å²) in [5.41, 5.74) is 1.07. The van der Waals surface area contributed by atoms with Crippen molar-refractivity contribution in [2.24, 2.45) is 0 Å². The van der Waals surface area contributed by atoms with Gasteiger partial charge in [-0.2, -0.15) is 0 Å². The predicted molar refractivity (Wildman–Crippen MR) is 98.9 cm³/mol. The lowest BCUT2D eigenvalue weighted by molar-refractivity contribution is 0.0702. The summed E-state index contributed by atoms with van der Waals surface area (Å²) in [6.45, 7) is 1.21. The highest BCUT2D eigenvalue weighted by Crippen LogP contribution is 2.33. The van der Waals surface area contributed by atoms with Crippen LogP contribution in [0.1, 0.15) is 34.1 Å². The second-order valence-electron chi connectivity index (χ2n) is 6.23. The molecule has 0 bridgehead atoms. The Morgan fingerprint density at radius 2 is 2.12 bits per heavy atom. The lowest BCUT2D eigenvalue weighted by Gasteiger charge is -2.32. The minimum absolute atomic E-state index is 0.0781. The summed E-state index contributed by atoms with van der Waals surface area (Å²) in [5.74, 6) is -0.648. The summed E-state index contributed by atoms with van der Waals surface area (Å²) in [7, 11) is 0. The van der Waals surface area contributed by atoms with Gasteiger partial charge in [-0.1, -0.05) is 23.7 Å². The van der Waals surface area contributed by atoms with E-state index < -0.39 is 5.82 Å². The van der Waals surface area contributed by atoms with Crippen molar-refractivity contribution < 1.29 is 9.18 Å². The Bertz CT molecular complexity index is 909. The van der Waals surface area contributed by atoms with Gasteiger partial charge in [0.2, 0.25) is 0 Å². The highest BCUT2D eigenvalue weighted by atomic mass is 35.5. The average molecular weight is 375 g/mol. The Morgan fingerprint density at radius 1 is 1.28 bits per heavy atom. The Kier molecular flexibility index (Phi) is 4.44. The van der Waals surface area contributed by atoms with Crippen molar-refractivity contribution in [2.75, 3.05) is 13.1 Å². The molecule has 0 radical (unpaired) electrons. The number of hydrogen-bond acceptors (Lipinski definition) is 3. The van der Waals surface area contributed by atoms with Crippen molar-refractivity contribution in [3.8, 4) is 0 Å². The minimum Gasteiger partial charge on any atom is -0.338 e. The molecule has 2 aromatic carbocycles. The Labute approximate surface area is 154 Å². The molecule has 0 saturated carbocycles. The number of carbonyl (C=O) groups is 1. The van der Waals surface area contributed by atoms with E-state index in [1.807, 2.05) is 18.2 Å². The first-order chi connectivity index (χ1) is 12.1. The summed E-state index contributed by atoms with van der Waals surface area (Å²) in [6.07, 6.45) is 1.88. The number of piperidine rings is 1. The number of para-hydroxylation sites is 1. The van der Waals surface area contributed by atoms with Crippen LogP contribution in [0.2, 0.25) is 5.02 Å². The molecule has 1 unspecified atom stereocenters. The van der Waals surface area contributed by atoms with Crippen LogP contribution in [-0.2, 0) is 0 Å². The van der Waals surface area contributed by atoms with Crippen LogP contribution in [0.4, 0.5) is 4.39 Å². The monoisotopic (exact) mass is 374 g/mol. The third-order valence-corrected chi connectivity index (χ3v) is 5.96. The summed E-state index contributed by atoms with van der Waals surface area (Å²) in [5, 5.41) is 1.34. The van der Waals surface area contributed by atoms with Crippen LogP contribution in [0, 0.1) is 5.82 Å². The summed E-state index contributed by atoms with van der Waals surface area (Å²) in [6, 6.07) is 12.2. The van der Waals surface area contributed by atoms with Gasteiger partial charge in [0.1, 0.15) is 5.82 Å². The quantitative estimate of drug-likeness (QED) is 0.624. The van der Waals surface area contributed by atoms with Gasteiger partial charge < -0.3 is 4.90 Å². The maximum absolute atomic E-state index is 14.1. The first-order valence-corrected chi connectivity index (χ1v) is 9.41. The average Bonchev–Trinajstić information content (AvgIpc) is 3.05. The molecule has 3 aromatic rings. The molecule has 25 heavy (non-hydrogen) atoms. The third-order valence-electron chi connectivity index (χ3n) is 4.53. The van der Waals surface area contributed by atoms with Crippen molar-refractivity contribution in [1.82, 2.24) is 9.88 Å². The molecule has 2 heterocycles. The molecule has 6 heteroatoms. The van der Waals surface area contributed by atoms with E-state index in [0.717, 1.165) is 28.1 Å². The first kappa shape index (κ1) is 16.5. The van der Waals surface area contributed by atoms with Crippen LogP contribution in [0.25, 0.3) is 10.2 Å². The van der Waals surface area contributed by atoms with Gasteiger partial charge in [-0.15, -0.1) is 11.3 Å². The number of hydrogen-bond donors (Lipinski definition) is 0. The zero-order chi connectivity index (χ0) is 17.4. The topological polar surface area (TPSA) is 33.2 Å². The summed E-state index contributed by atoms with van der Waals surface area (Å²) in [4.78, 5) is 19.2. The molecule has 1 aliphatic rings. The second kappa shape index (κ2) is 6.73. The van der Waals surface area contributed by atoms with Crippen molar-refractivity contribution in [1.29, 1.82) is 0 Å². The fraction of sp³-hybridized carbons (Fsp3) is 0.263. The molecular formula is C19H16ClFN2OS. The van der Waals surface area contributed by atoms with Gasteiger partial charge in [-0.25, -0.2) is 9.37 Å². The van der Waals surface area contributed by atoms with Crippen LogP contribution >= 0.6 is 22.9 Å². The number of fused-ring (bicyclic) bond motifs is 1. The molecule has 128 valence electrons. The Balaban J connectivity index is 1.57. The van der Waals surface area contributed by atoms with E-state index >= 15 is 0 Å². The molecule has 3 nitrogen and oxygen atoms in total. The van der Waals surface area contributed by atoms with Gasteiger partial charge in [0.25, 0.3) is 5.91 Å². The van der Waals surface area contributed by atoms with Gasteiger partial charge in [-0.05, 0) is 43.2 Å². The van der Waals surface area contributed by atoms with E-state index in [1.165, 1.54) is 12.1 Å². The molecular weight excluding hydrogens is 359 g/mol. The van der Waals surface area contributed by atoms with Crippen LogP contribution in [0.5, 0.6) is 0 Å². The molecule has 1 aliphatic heterocycles. The summed E-state index contributed by atoms with van der Waals surface area (Å²) < 4.78 is 15.2. The van der Waals surface area contributed by atoms with Crippen LogP contribution < -0.4 is 0 Å². The first-order valence-electron chi connectivity index (χ1n) is 8.21. The van der Waals surface area contributed by atoms with Crippen LogP contribution in [-0.4, -0.2) is 28.9 Å². The molecule has 0 N–H and O–H groups in total. The van der Waals surface area contributed by atoms with Crippen LogP contribution in [0.3, 0.4) is 0 Å². The van der Waals surface area contributed by atoms with E-state index in [1.54, 1.807) is 22.3 Å². The molecule has 1 fully saturated rings. The van der Waals surface area contributed by atoms with E-state index in [4.69, 9.17) is 16.6 Å². The molecule has 1 amide bonds. The molecule has 0 spiro atoms. The number of halogens is 2. The van der Waals surface area contributed by atoms with Gasteiger partial charge in [0.15, 0.2) is 0 Å². The SMILES string of the molecule is O=C(c1ccc(Cl)cc1F)N1CCCC(c2nc3ccccc3s2)C1. The van der Waals surface area contributed by atoms with Gasteiger partial charge >= 0.3 is 0 Å². The van der Waals surface area contributed by atoms with Crippen molar-refractivity contribution in [3.63, 3.8) is 0 Å². The lowest BCUT2D eigenvalue weighted by atomic mass is 9.98. The van der Waals surface area contributed by atoms with Crippen molar-refractivity contribution in [3.05, 3.63) is 63.9 Å². The zero-order valence-electron chi connectivity index (χ0n) is 13.4. The molecule has 1 atom stereocenters. The Morgan fingerprint density at radius 3 is 2.92 bits per heavy atom. The number of aromatic nitrogens is 1. The fourth-order valence-electron chi connectivity index (χ4n) is 3.26. The molecule has 0 aliphatic carbocycles.